The summed E-state index contributed by atoms with van der Waals surface area (Å²) in [6.45, 7) is 8.95. The van der Waals surface area contributed by atoms with Gasteiger partial charge in [0, 0.05) is 20.3 Å². The van der Waals surface area contributed by atoms with E-state index in [0.717, 1.165) is 13.0 Å². The topological polar surface area (TPSA) is 47.6 Å². The molecule has 0 aromatic carbocycles. The molecule has 0 heterocycles. The monoisotopic (exact) mass is 217 g/mol. The van der Waals surface area contributed by atoms with Crippen LogP contribution in [0, 0.1) is 5.92 Å². The molecule has 15 heavy (non-hydrogen) atoms. The second-order valence-electron chi connectivity index (χ2n) is 4.77. The highest BCUT2D eigenvalue weighted by Crippen LogP contribution is 2.07. The number of hydrogen-bond acceptors (Lipinski definition) is 3. The molecule has 0 aromatic rings. The molecule has 0 aliphatic heterocycles. The molecule has 0 aliphatic carbocycles. The van der Waals surface area contributed by atoms with E-state index in [2.05, 4.69) is 12.2 Å². The van der Waals surface area contributed by atoms with Crippen molar-refractivity contribution < 1.29 is 14.3 Å². The predicted octanol–water partition coefficient (Wildman–Crippen LogP) is 2.18. The van der Waals surface area contributed by atoms with E-state index in [0.29, 0.717) is 12.5 Å². The quantitative estimate of drug-likeness (QED) is 0.768. The van der Waals surface area contributed by atoms with Crippen molar-refractivity contribution in [1.29, 1.82) is 0 Å². The first kappa shape index (κ1) is 14.2. The summed E-state index contributed by atoms with van der Waals surface area (Å²) >= 11 is 0. The van der Waals surface area contributed by atoms with E-state index < -0.39 is 5.60 Å². The Hall–Kier alpha value is -0.770. The van der Waals surface area contributed by atoms with Gasteiger partial charge in [-0.25, -0.2) is 4.79 Å². The first-order valence-corrected chi connectivity index (χ1v) is 5.31. The number of nitrogens with one attached hydrogen (secondary N) is 1. The molecule has 0 aliphatic rings. The number of carbonyl (C=O) groups excluding carboxylic acids is 1. The summed E-state index contributed by atoms with van der Waals surface area (Å²) in [7, 11) is 1.67. The van der Waals surface area contributed by atoms with Crippen LogP contribution in [0.2, 0.25) is 0 Å². The molecule has 0 aromatic heterocycles. The van der Waals surface area contributed by atoms with Crippen LogP contribution in [0.4, 0.5) is 4.79 Å². The third-order valence-corrected chi connectivity index (χ3v) is 1.81. The third kappa shape index (κ3) is 9.53. The Morgan fingerprint density at radius 2 is 2.00 bits per heavy atom. The number of alkyl carbamates (subject to hydrolysis) is 1. The van der Waals surface area contributed by atoms with Crippen LogP contribution < -0.4 is 5.32 Å². The zero-order valence-electron chi connectivity index (χ0n) is 10.4. The fourth-order valence-electron chi connectivity index (χ4n) is 0.993. The van der Waals surface area contributed by atoms with Gasteiger partial charge in [-0.05, 0) is 33.1 Å². The van der Waals surface area contributed by atoms with Gasteiger partial charge in [-0.3, -0.25) is 0 Å². The van der Waals surface area contributed by atoms with E-state index >= 15 is 0 Å². The normalized spacial score (nSPS) is 13.4. The average Bonchev–Trinajstić information content (AvgIpc) is 2.08. The molecular formula is C11H23NO3. The summed E-state index contributed by atoms with van der Waals surface area (Å²) in [6, 6.07) is 0. The molecule has 0 rings (SSSR count). The van der Waals surface area contributed by atoms with Crippen LogP contribution in [0.5, 0.6) is 0 Å². The lowest BCUT2D eigenvalue weighted by atomic mass is 10.1. The number of carbonyl (C=O) groups is 1. The maximum Gasteiger partial charge on any atom is 0.407 e. The minimum absolute atomic E-state index is 0.355. The fraction of sp³-hybridized carbons (Fsp3) is 0.909. The fourth-order valence-corrected chi connectivity index (χ4v) is 0.993. The summed E-state index contributed by atoms with van der Waals surface area (Å²) in [5.74, 6) is 0.400. The SMILES string of the molecule is COCC[C@H](C)CNC(=O)OC(C)(C)C. The summed E-state index contributed by atoms with van der Waals surface area (Å²) in [5, 5.41) is 2.73. The van der Waals surface area contributed by atoms with Crippen molar-refractivity contribution in [3.63, 3.8) is 0 Å². The zero-order valence-corrected chi connectivity index (χ0v) is 10.4. The van der Waals surface area contributed by atoms with Crippen molar-refractivity contribution in [1.82, 2.24) is 5.32 Å². The van der Waals surface area contributed by atoms with Gasteiger partial charge in [0.15, 0.2) is 0 Å². The van der Waals surface area contributed by atoms with Crippen LogP contribution in [0.1, 0.15) is 34.1 Å². The zero-order chi connectivity index (χ0) is 11.9. The molecule has 1 amide bonds. The number of methoxy groups -OCH3 is 1. The van der Waals surface area contributed by atoms with Crippen molar-refractivity contribution >= 4 is 6.09 Å². The van der Waals surface area contributed by atoms with E-state index in [9.17, 15) is 4.79 Å². The molecule has 0 unspecified atom stereocenters. The second-order valence-corrected chi connectivity index (χ2v) is 4.77. The van der Waals surface area contributed by atoms with Gasteiger partial charge >= 0.3 is 6.09 Å². The van der Waals surface area contributed by atoms with Gasteiger partial charge in [0.1, 0.15) is 5.60 Å². The molecule has 1 atom stereocenters. The molecule has 0 saturated carbocycles. The minimum Gasteiger partial charge on any atom is -0.444 e. The number of ether oxygens (including phenoxy) is 2. The Morgan fingerprint density at radius 1 is 1.40 bits per heavy atom. The van der Waals surface area contributed by atoms with Gasteiger partial charge in [-0.15, -0.1) is 0 Å². The molecule has 4 heteroatoms. The Kier molecular flexibility index (Phi) is 6.32. The largest absolute Gasteiger partial charge is 0.444 e. The molecule has 4 nitrogen and oxygen atoms in total. The molecule has 0 bridgehead atoms. The van der Waals surface area contributed by atoms with E-state index in [1.807, 2.05) is 20.8 Å². The molecule has 90 valence electrons. The number of rotatable bonds is 5. The second kappa shape index (κ2) is 6.67. The van der Waals surface area contributed by atoms with Crippen molar-refractivity contribution in [2.24, 2.45) is 5.92 Å². The van der Waals surface area contributed by atoms with Crippen LogP contribution in [-0.4, -0.2) is 32.0 Å². The Bertz CT molecular complexity index is 187. The average molecular weight is 217 g/mol. The molecule has 0 saturated heterocycles. The predicted molar refractivity (Wildman–Crippen MR) is 59.9 cm³/mol. The van der Waals surface area contributed by atoms with Crippen LogP contribution >= 0.6 is 0 Å². The summed E-state index contributed by atoms with van der Waals surface area (Å²) in [6.07, 6.45) is 0.582. The van der Waals surface area contributed by atoms with Crippen molar-refractivity contribution in [3.05, 3.63) is 0 Å². The summed E-state index contributed by atoms with van der Waals surface area (Å²) < 4.78 is 10.1. The van der Waals surface area contributed by atoms with Gasteiger partial charge in [-0.1, -0.05) is 6.92 Å². The molecule has 0 spiro atoms. The van der Waals surface area contributed by atoms with Crippen molar-refractivity contribution in [2.75, 3.05) is 20.3 Å². The molecule has 0 fully saturated rings. The highest BCUT2D eigenvalue weighted by Gasteiger charge is 2.16. The number of amides is 1. The Balaban J connectivity index is 3.62. The van der Waals surface area contributed by atoms with Gasteiger partial charge < -0.3 is 14.8 Å². The van der Waals surface area contributed by atoms with E-state index in [4.69, 9.17) is 9.47 Å². The minimum atomic E-state index is -0.431. The number of hydrogen-bond donors (Lipinski definition) is 1. The first-order chi connectivity index (χ1) is 6.85. The van der Waals surface area contributed by atoms with Crippen molar-refractivity contribution in [2.45, 2.75) is 39.7 Å². The molecular weight excluding hydrogens is 194 g/mol. The van der Waals surface area contributed by atoms with Crippen LogP contribution in [0.3, 0.4) is 0 Å². The smallest absolute Gasteiger partial charge is 0.407 e. The summed E-state index contributed by atoms with van der Waals surface area (Å²) in [5.41, 5.74) is -0.431. The van der Waals surface area contributed by atoms with Crippen LogP contribution in [0.25, 0.3) is 0 Å². The highest BCUT2D eigenvalue weighted by atomic mass is 16.6. The standard InChI is InChI=1S/C11H23NO3/c1-9(6-7-14-5)8-12-10(13)15-11(2,3)4/h9H,6-8H2,1-5H3,(H,12,13)/t9-/m0/s1. The van der Waals surface area contributed by atoms with E-state index in [1.165, 1.54) is 0 Å². The Morgan fingerprint density at radius 3 is 2.47 bits per heavy atom. The third-order valence-electron chi connectivity index (χ3n) is 1.81. The lowest BCUT2D eigenvalue weighted by molar-refractivity contribution is 0.0517. The van der Waals surface area contributed by atoms with Gasteiger partial charge in [-0.2, -0.15) is 0 Å². The van der Waals surface area contributed by atoms with E-state index in [-0.39, 0.29) is 6.09 Å². The molecule has 0 radical (unpaired) electrons. The van der Waals surface area contributed by atoms with E-state index in [1.54, 1.807) is 7.11 Å². The van der Waals surface area contributed by atoms with Gasteiger partial charge in [0.05, 0.1) is 0 Å². The maximum atomic E-state index is 11.3. The van der Waals surface area contributed by atoms with Crippen LogP contribution in [0.15, 0.2) is 0 Å². The molecule has 1 N–H and O–H groups in total. The maximum absolute atomic E-state index is 11.3. The van der Waals surface area contributed by atoms with Gasteiger partial charge in [0.2, 0.25) is 0 Å². The van der Waals surface area contributed by atoms with Crippen LogP contribution in [-0.2, 0) is 9.47 Å². The summed E-state index contributed by atoms with van der Waals surface area (Å²) in [4.78, 5) is 11.3. The Labute approximate surface area is 92.3 Å². The lowest BCUT2D eigenvalue weighted by Gasteiger charge is -2.20. The van der Waals surface area contributed by atoms with Gasteiger partial charge in [0.25, 0.3) is 0 Å². The van der Waals surface area contributed by atoms with Crippen molar-refractivity contribution in [3.8, 4) is 0 Å². The highest BCUT2D eigenvalue weighted by molar-refractivity contribution is 5.67. The lowest BCUT2D eigenvalue weighted by Crippen LogP contribution is -2.35. The first-order valence-electron chi connectivity index (χ1n) is 5.31.